The SMILES string of the molecule is CCc1nn(CC(=O)NNC(=O)c2cccc(Cl)c2)c(=O)c(C#N)c1CC. The van der Waals surface area contributed by atoms with Crippen LogP contribution in [0.15, 0.2) is 29.1 Å². The molecule has 0 spiro atoms. The summed E-state index contributed by atoms with van der Waals surface area (Å²) >= 11 is 5.82. The van der Waals surface area contributed by atoms with Crippen molar-refractivity contribution in [3.8, 4) is 6.07 Å². The Hall–Kier alpha value is -3.18. The summed E-state index contributed by atoms with van der Waals surface area (Å²) in [5.74, 6) is -1.21. The number of hydrazine groups is 1. The molecule has 2 aromatic rings. The van der Waals surface area contributed by atoms with Gasteiger partial charge < -0.3 is 0 Å². The highest BCUT2D eigenvalue weighted by Crippen LogP contribution is 2.11. The molecule has 140 valence electrons. The van der Waals surface area contributed by atoms with Gasteiger partial charge >= 0.3 is 0 Å². The lowest BCUT2D eigenvalue weighted by molar-refractivity contribution is -0.122. The maximum Gasteiger partial charge on any atom is 0.285 e. The van der Waals surface area contributed by atoms with Crippen molar-refractivity contribution in [1.82, 2.24) is 20.6 Å². The number of carbonyl (C=O) groups is 2. The molecule has 0 fully saturated rings. The summed E-state index contributed by atoms with van der Waals surface area (Å²) in [5.41, 5.74) is 5.26. The fourth-order valence-electron chi connectivity index (χ4n) is 2.55. The smallest absolute Gasteiger partial charge is 0.271 e. The van der Waals surface area contributed by atoms with Crippen molar-refractivity contribution >= 4 is 23.4 Å². The van der Waals surface area contributed by atoms with Crippen molar-refractivity contribution < 1.29 is 9.59 Å². The average Bonchev–Trinajstić information content (AvgIpc) is 2.67. The highest BCUT2D eigenvalue weighted by Gasteiger charge is 2.17. The number of nitrogens with one attached hydrogen (secondary N) is 2. The highest BCUT2D eigenvalue weighted by molar-refractivity contribution is 6.30. The Bertz CT molecular complexity index is 978. The predicted octanol–water partition coefficient (Wildman–Crippen LogP) is 1.35. The molecule has 2 N–H and O–H groups in total. The second kappa shape index (κ2) is 8.96. The molecular weight excluding hydrogens is 370 g/mol. The van der Waals surface area contributed by atoms with Gasteiger partial charge in [0.15, 0.2) is 0 Å². The molecule has 0 aliphatic carbocycles. The van der Waals surface area contributed by atoms with E-state index in [0.29, 0.717) is 29.1 Å². The topological polar surface area (TPSA) is 117 Å². The van der Waals surface area contributed by atoms with E-state index in [4.69, 9.17) is 11.6 Å². The van der Waals surface area contributed by atoms with Crippen molar-refractivity contribution in [2.24, 2.45) is 0 Å². The van der Waals surface area contributed by atoms with Crippen LogP contribution in [-0.4, -0.2) is 21.6 Å². The van der Waals surface area contributed by atoms with E-state index in [9.17, 15) is 19.6 Å². The lowest BCUT2D eigenvalue weighted by Crippen LogP contribution is -2.45. The van der Waals surface area contributed by atoms with Gasteiger partial charge in [-0.2, -0.15) is 10.4 Å². The first-order valence-electron chi connectivity index (χ1n) is 8.28. The summed E-state index contributed by atoms with van der Waals surface area (Å²) in [6, 6.07) is 8.10. The average molecular weight is 388 g/mol. The number of benzene rings is 1. The Morgan fingerprint density at radius 1 is 1.26 bits per heavy atom. The Balaban J connectivity index is 2.13. The van der Waals surface area contributed by atoms with Crippen LogP contribution >= 0.6 is 11.6 Å². The van der Waals surface area contributed by atoms with Gasteiger partial charge in [0.1, 0.15) is 18.2 Å². The zero-order valence-corrected chi connectivity index (χ0v) is 15.6. The van der Waals surface area contributed by atoms with Crippen molar-refractivity contribution in [3.63, 3.8) is 0 Å². The fourth-order valence-corrected chi connectivity index (χ4v) is 2.74. The second-order valence-electron chi connectivity index (χ2n) is 5.59. The molecule has 27 heavy (non-hydrogen) atoms. The Morgan fingerprint density at radius 2 is 2.00 bits per heavy atom. The normalized spacial score (nSPS) is 10.1. The maximum absolute atomic E-state index is 12.4. The highest BCUT2D eigenvalue weighted by atomic mass is 35.5. The summed E-state index contributed by atoms with van der Waals surface area (Å²) in [5, 5.41) is 13.8. The Kier molecular flexibility index (Phi) is 6.68. The molecular formula is C18H18ClN5O3. The molecule has 0 saturated heterocycles. The van der Waals surface area contributed by atoms with Crippen molar-refractivity contribution in [2.75, 3.05) is 0 Å². The number of aromatic nitrogens is 2. The molecule has 2 amide bonds. The maximum atomic E-state index is 12.4. The van der Waals surface area contributed by atoms with Crippen LogP contribution in [0.3, 0.4) is 0 Å². The molecule has 8 nitrogen and oxygen atoms in total. The van der Waals surface area contributed by atoms with E-state index in [1.807, 2.05) is 19.9 Å². The van der Waals surface area contributed by atoms with E-state index in [1.165, 1.54) is 12.1 Å². The van der Waals surface area contributed by atoms with Crippen molar-refractivity contribution in [2.45, 2.75) is 33.2 Å². The van der Waals surface area contributed by atoms with Gasteiger partial charge in [-0.25, -0.2) is 4.68 Å². The van der Waals surface area contributed by atoms with Gasteiger partial charge in [0.2, 0.25) is 0 Å². The Morgan fingerprint density at radius 3 is 2.59 bits per heavy atom. The largest absolute Gasteiger partial charge is 0.285 e. The third-order valence-electron chi connectivity index (χ3n) is 3.84. The number of nitrogens with zero attached hydrogens (tertiary/aromatic N) is 3. The zero-order valence-electron chi connectivity index (χ0n) is 14.9. The lowest BCUT2D eigenvalue weighted by atomic mass is 10.0. The van der Waals surface area contributed by atoms with Gasteiger partial charge in [-0.05, 0) is 36.6 Å². The van der Waals surface area contributed by atoms with Crippen LogP contribution in [0.25, 0.3) is 0 Å². The van der Waals surface area contributed by atoms with Crippen LogP contribution in [0.1, 0.15) is 41.0 Å². The van der Waals surface area contributed by atoms with E-state index in [2.05, 4.69) is 16.0 Å². The molecule has 1 aromatic carbocycles. The molecule has 2 rings (SSSR count). The molecule has 9 heteroatoms. The molecule has 0 atom stereocenters. The van der Waals surface area contributed by atoms with E-state index < -0.39 is 23.9 Å². The van der Waals surface area contributed by atoms with Gasteiger partial charge in [0, 0.05) is 10.6 Å². The number of aryl methyl sites for hydroxylation is 1. The van der Waals surface area contributed by atoms with E-state index in [-0.39, 0.29) is 11.1 Å². The van der Waals surface area contributed by atoms with Crippen LogP contribution < -0.4 is 16.4 Å². The van der Waals surface area contributed by atoms with Gasteiger partial charge in [-0.15, -0.1) is 0 Å². The summed E-state index contributed by atoms with van der Waals surface area (Å²) in [7, 11) is 0. The number of rotatable bonds is 5. The van der Waals surface area contributed by atoms with Gasteiger partial charge in [0.25, 0.3) is 17.4 Å². The van der Waals surface area contributed by atoms with Crippen LogP contribution in [0.4, 0.5) is 0 Å². The number of nitriles is 1. The van der Waals surface area contributed by atoms with Gasteiger partial charge in [-0.3, -0.25) is 25.2 Å². The molecule has 1 aromatic heterocycles. The predicted molar refractivity (Wildman–Crippen MR) is 99.0 cm³/mol. The molecule has 0 aliphatic rings. The summed E-state index contributed by atoms with van der Waals surface area (Å²) in [6.07, 6.45) is 1.02. The molecule has 0 unspecified atom stereocenters. The summed E-state index contributed by atoms with van der Waals surface area (Å²) in [4.78, 5) is 36.5. The minimum atomic E-state index is -0.657. The number of hydrogen-bond donors (Lipinski definition) is 2. The fraction of sp³-hybridized carbons (Fsp3) is 0.278. The number of carbonyl (C=O) groups excluding carboxylic acids is 2. The zero-order chi connectivity index (χ0) is 20.0. The van der Waals surface area contributed by atoms with Crippen molar-refractivity contribution in [3.05, 3.63) is 62.0 Å². The minimum absolute atomic E-state index is 0.0138. The molecule has 0 saturated carbocycles. The summed E-state index contributed by atoms with van der Waals surface area (Å²) in [6.45, 7) is 3.25. The van der Waals surface area contributed by atoms with Crippen LogP contribution in [0.5, 0.6) is 0 Å². The van der Waals surface area contributed by atoms with Crippen LogP contribution in [-0.2, 0) is 24.2 Å². The minimum Gasteiger partial charge on any atom is -0.271 e. The molecule has 0 aliphatic heterocycles. The molecule has 1 heterocycles. The first kappa shape index (κ1) is 20.1. The first-order chi connectivity index (χ1) is 12.9. The third kappa shape index (κ3) is 4.71. The second-order valence-corrected chi connectivity index (χ2v) is 6.03. The summed E-state index contributed by atoms with van der Waals surface area (Å²) < 4.78 is 0.928. The van der Waals surface area contributed by atoms with Crippen LogP contribution in [0.2, 0.25) is 5.02 Å². The third-order valence-corrected chi connectivity index (χ3v) is 4.07. The monoisotopic (exact) mass is 387 g/mol. The first-order valence-corrected chi connectivity index (χ1v) is 8.66. The van der Waals surface area contributed by atoms with E-state index in [1.54, 1.807) is 12.1 Å². The van der Waals surface area contributed by atoms with Crippen LogP contribution in [0, 0.1) is 11.3 Å². The van der Waals surface area contributed by atoms with E-state index >= 15 is 0 Å². The van der Waals surface area contributed by atoms with Crippen molar-refractivity contribution in [1.29, 1.82) is 5.26 Å². The lowest BCUT2D eigenvalue weighted by Gasteiger charge is -2.12. The Labute approximate surface area is 160 Å². The number of hydrogen-bond acceptors (Lipinski definition) is 5. The molecule has 0 radical (unpaired) electrons. The number of amides is 2. The van der Waals surface area contributed by atoms with Gasteiger partial charge in [0.05, 0.1) is 5.69 Å². The molecule has 0 bridgehead atoms. The standard InChI is InChI=1S/C18H18ClN5O3/c1-3-13-14(9-20)18(27)24(23-15(13)4-2)10-16(25)21-22-17(26)11-6-5-7-12(19)8-11/h5-8H,3-4,10H2,1-2H3,(H,21,25)(H,22,26). The number of halogens is 1. The quantitative estimate of drug-likeness (QED) is 0.751. The van der Waals surface area contributed by atoms with Gasteiger partial charge in [-0.1, -0.05) is 31.5 Å². The van der Waals surface area contributed by atoms with E-state index in [0.717, 1.165) is 4.68 Å².